The Balaban J connectivity index is 1.84. The van der Waals surface area contributed by atoms with Crippen LogP contribution in [0.2, 0.25) is 0 Å². The Kier molecular flexibility index (Phi) is 4.74. The standard InChI is InChI=1S/C16H18N2O2/c1-12-2-4-14(5-3-12)11-20-16(19)18-15-8-6-13(10-17)7-9-15/h2-9H,10-11,17H2,1H3,(H,18,19). The fraction of sp³-hybridized carbons (Fsp3) is 0.188. The molecule has 3 N–H and O–H groups in total. The number of rotatable bonds is 4. The average molecular weight is 270 g/mol. The fourth-order valence-corrected chi connectivity index (χ4v) is 1.71. The Labute approximate surface area is 118 Å². The molecule has 2 aromatic carbocycles. The van der Waals surface area contributed by atoms with E-state index >= 15 is 0 Å². The topological polar surface area (TPSA) is 64.3 Å². The Morgan fingerprint density at radius 3 is 2.25 bits per heavy atom. The van der Waals surface area contributed by atoms with Crippen LogP contribution in [-0.2, 0) is 17.9 Å². The van der Waals surface area contributed by atoms with Crippen molar-refractivity contribution in [3.63, 3.8) is 0 Å². The van der Waals surface area contributed by atoms with Gasteiger partial charge < -0.3 is 10.5 Å². The highest BCUT2D eigenvalue weighted by molar-refractivity contribution is 5.84. The zero-order valence-corrected chi connectivity index (χ0v) is 11.4. The number of nitrogens with one attached hydrogen (secondary N) is 1. The van der Waals surface area contributed by atoms with E-state index in [1.807, 2.05) is 43.3 Å². The molecular formula is C16H18N2O2. The molecule has 0 atom stereocenters. The highest BCUT2D eigenvalue weighted by Crippen LogP contribution is 2.10. The van der Waals surface area contributed by atoms with Gasteiger partial charge in [-0.15, -0.1) is 0 Å². The molecule has 0 aromatic heterocycles. The molecule has 0 fully saturated rings. The van der Waals surface area contributed by atoms with Crippen LogP contribution in [0.25, 0.3) is 0 Å². The summed E-state index contributed by atoms with van der Waals surface area (Å²) in [5.41, 5.74) is 9.36. The van der Waals surface area contributed by atoms with Gasteiger partial charge in [-0.1, -0.05) is 42.0 Å². The number of hydrogen-bond acceptors (Lipinski definition) is 3. The van der Waals surface area contributed by atoms with E-state index in [0.717, 1.165) is 11.1 Å². The van der Waals surface area contributed by atoms with E-state index < -0.39 is 6.09 Å². The molecule has 0 radical (unpaired) electrons. The monoisotopic (exact) mass is 270 g/mol. The maximum absolute atomic E-state index is 11.6. The van der Waals surface area contributed by atoms with Crippen LogP contribution >= 0.6 is 0 Å². The molecule has 4 heteroatoms. The molecule has 0 aliphatic rings. The summed E-state index contributed by atoms with van der Waals surface area (Å²) in [7, 11) is 0. The number of benzene rings is 2. The van der Waals surface area contributed by atoms with Crippen molar-refractivity contribution in [3.05, 3.63) is 65.2 Å². The lowest BCUT2D eigenvalue weighted by atomic mass is 10.2. The lowest BCUT2D eigenvalue weighted by Crippen LogP contribution is -2.13. The summed E-state index contributed by atoms with van der Waals surface area (Å²) in [6, 6.07) is 15.2. The fourth-order valence-electron chi connectivity index (χ4n) is 1.71. The molecule has 0 spiro atoms. The van der Waals surface area contributed by atoms with Crippen LogP contribution in [0, 0.1) is 6.92 Å². The molecule has 1 amide bonds. The highest BCUT2D eigenvalue weighted by atomic mass is 16.5. The van der Waals surface area contributed by atoms with Crippen molar-refractivity contribution >= 4 is 11.8 Å². The van der Waals surface area contributed by atoms with Crippen LogP contribution in [0.3, 0.4) is 0 Å². The second-order valence-electron chi connectivity index (χ2n) is 4.59. The maximum atomic E-state index is 11.6. The summed E-state index contributed by atoms with van der Waals surface area (Å²) < 4.78 is 5.15. The average Bonchev–Trinajstić information content (AvgIpc) is 2.47. The van der Waals surface area contributed by atoms with E-state index in [0.29, 0.717) is 12.2 Å². The number of aryl methyl sites for hydroxylation is 1. The lowest BCUT2D eigenvalue weighted by Gasteiger charge is -2.08. The Morgan fingerprint density at radius 1 is 1.05 bits per heavy atom. The predicted octanol–water partition coefficient (Wildman–Crippen LogP) is 3.20. The van der Waals surface area contributed by atoms with Gasteiger partial charge in [0.1, 0.15) is 6.61 Å². The number of ether oxygens (including phenoxy) is 1. The van der Waals surface area contributed by atoms with Crippen molar-refractivity contribution in [3.8, 4) is 0 Å². The largest absolute Gasteiger partial charge is 0.444 e. The third kappa shape index (κ3) is 4.10. The number of carbonyl (C=O) groups excluding carboxylic acids is 1. The third-order valence-electron chi connectivity index (χ3n) is 2.93. The molecule has 2 aromatic rings. The first-order chi connectivity index (χ1) is 9.67. The first-order valence-corrected chi connectivity index (χ1v) is 6.46. The van der Waals surface area contributed by atoms with Gasteiger partial charge in [0, 0.05) is 12.2 Å². The van der Waals surface area contributed by atoms with Crippen molar-refractivity contribution in [2.75, 3.05) is 5.32 Å². The molecule has 0 saturated heterocycles. The van der Waals surface area contributed by atoms with Gasteiger partial charge in [0.15, 0.2) is 0 Å². The summed E-state index contributed by atoms with van der Waals surface area (Å²) in [4.78, 5) is 11.6. The van der Waals surface area contributed by atoms with Crippen LogP contribution in [0.5, 0.6) is 0 Å². The van der Waals surface area contributed by atoms with Crippen LogP contribution in [0.1, 0.15) is 16.7 Å². The molecule has 104 valence electrons. The molecule has 0 saturated carbocycles. The zero-order valence-electron chi connectivity index (χ0n) is 11.4. The number of amides is 1. The quantitative estimate of drug-likeness (QED) is 0.896. The molecule has 0 aliphatic heterocycles. The Morgan fingerprint density at radius 2 is 1.65 bits per heavy atom. The van der Waals surface area contributed by atoms with E-state index in [4.69, 9.17) is 10.5 Å². The van der Waals surface area contributed by atoms with E-state index in [9.17, 15) is 4.79 Å². The summed E-state index contributed by atoms with van der Waals surface area (Å²) >= 11 is 0. The summed E-state index contributed by atoms with van der Waals surface area (Å²) in [6.07, 6.45) is -0.467. The summed E-state index contributed by atoms with van der Waals surface area (Å²) in [5, 5.41) is 2.67. The molecule has 0 heterocycles. The Bertz CT molecular complexity index is 562. The number of carbonyl (C=O) groups is 1. The molecule has 20 heavy (non-hydrogen) atoms. The highest BCUT2D eigenvalue weighted by Gasteiger charge is 2.03. The number of anilines is 1. The molecule has 0 aliphatic carbocycles. The van der Waals surface area contributed by atoms with Crippen molar-refractivity contribution in [1.29, 1.82) is 0 Å². The zero-order chi connectivity index (χ0) is 14.4. The van der Waals surface area contributed by atoms with Crippen LogP contribution in [-0.4, -0.2) is 6.09 Å². The van der Waals surface area contributed by atoms with Crippen LogP contribution < -0.4 is 11.1 Å². The summed E-state index contributed by atoms with van der Waals surface area (Å²) in [5.74, 6) is 0. The molecule has 2 rings (SSSR count). The van der Waals surface area contributed by atoms with Gasteiger partial charge in [-0.2, -0.15) is 0 Å². The van der Waals surface area contributed by atoms with Crippen LogP contribution in [0.4, 0.5) is 10.5 Å². The van der Waals surface area contributed by atoms with Crippen molar-refractivity contribution < 1.29 is 9.53 Å². The number of nitrogens with two attached hydrogens (primary N) is 1. The van der Waals surface area contributed by atoms with Crippen LogP contribution in [0.15, 0.2) is 48.5 Å². The second kappa shape index (κ2) is 6.73. The Hall–Kier alpha value is -2.33. The second-order valence-corrected chi connectivity index (χ2v) is 4.59. The molecular weight excluding hydrogens is 252 g/mol. The molecule has 4 nitrogen and oxygen atoms in total. The van der Waals surface area contributed by atoms with Gasteiger partial charge >= 0.3 is 6.09 Å². The molecule has 0 unspecified atom stereocenters. The molecule has 0 bridgehead atoms. The maximum Gasteiger partial charge on any atom is 0.411 e. The van der Waals surface area contributed by atoms with Crippen molar-refractivity contribution in [1.82, 2.24) is 0 Å². The van der Waals surface area contributed by atoms with E-state index in [1.165, 1.54) is 5.56 Å². The van der Waals surface area contributed by atoms with E-state index in [1.54, 1.807) is 12.1 Å². The van der Waals surface area contributed by atoms with Gasteiger partial charge in [0.05, 0.1) is 0 Å². The predicted molar refractivity (Wildman–Crippen MR) is 79.3 cm³/mol. The van der Waals surface area contributed by atoms with Gasteiger partial charge in [-0.05, 0) is 30.2 Å². The van der Waals surface area contributed by atoms with Crippen molar-refractivity contribution in [2.24, 2.45) is 5.73 Å². The van der Waals surface area contributed by atoms with E-state index in [2.05, 4.69) is 5.32 Å². The minimum absolute atomic E-state index is 0.257. The van der Waals surface area contributed by atoms with Gasteiger partial charge in [-0.25, -0.2) is 4.79 Å². The van der Waals surface area contributed by atoms with Gasteiger partial charge in [0.25, 0.3) is 0 Å². The first kappa shape index (κ1) is 14.1. The smallest absolute Gasteiger partial charge is 0.411 e. The van der Waals surface area contributed by atoms with Crippen molar-refractivity contribution in [2.45, 2.75) is 20.1 Å². The minimum Gasteiger partial charge on any atom is -0.444 e. The van der Waals surface area contributed by atoms with Gasteiger partial charge in [0.2, 0.25) is 0 Å². The number of hydrogen-bond donors (Lipinski definition) is 2. The lowest BCUT2D eigenvalue weighted by molar-refractivity contribution is 0.155. The summed E-state index contributed by atoms with van der Waals surface area (Å²) in [6.45, 7) is 2.76. The minimum atomic E-state index is -0.467. The first-order valence-electron chi connectivity index (χ1n) is 6.46. The SMILES string of the molecule is Cc1ccc(COC(=O)Nc2ccc(CN)cc2)cc1. The third-order valence-corrected chi connectivity index (χ3v) is 2.93. The van der Waals surface area contributed by atoms with Gasteiger partial charge in [-0.3, -0.25) is 5.32 Å². The van der Waals surface area contributed by atoms with E-state index in [-0.39, 0.29) is 6.61 Å². The normalized spacial score (nSPS) is 10.1.